The van der Waals surface area contributed by atoms with Crippen molar-refractivity contribution in [1.29, 1.82) is 5.26 Å². The molecule has 0 bridgehead atoms. The number of nitro benzene ring substituents is 1. The van der Waals surface area contributed by atoms with Crippen LogP contribution in [0.5, 0.6) is 0 Å². The SMILES string of the molecule is CC(CC#N)NS(=O)(=O)Cc1ccccc1[N+](=O)[O-]. The largest absolute Gasteiger partial charge is 0.273 e. The number of rotatable bonds is 6. The predicted molar refractivity (Wildman–Crippen MR) is 68.5 cm³/mol. The maximum absolute atomic E-state index is 11.8. The van der Waals surface area contributed by atoms with Crippen LogP contribution in [0.15, 0.2) is 24.3 Å². The van der Waals surface area contributed by atoms with Crippen molar-refractivity contribution in [3.8, 4) is 6.07 Å². The van der Waals surface area contributed by atoms with Gasteiger partial charge in [0.2, 0.25) is 10.0 Å². The Kier molecular flexibility index (Phi) is 4.97. The molecule has 1 unspecified atom stereocenters. The van der Waals surface area contributed by atoms with Gasteiger partial charge >= 0.3 is 0 Å². The lowest BCUT2D eigenvalue weighted by molar-refractivity contribution is -0.385. The molecule has 0 aliphatic heterocycles. The molecular formula is C11H13N3O4S. The molecule has 1 rings (SSSR count). The molecule has 0 radical (unpaired) electrons. The minimum Gasteiger partial charge on any atom is -0.258 e. The molecule has 1 N–H and O–H groups in total. The Hall–Kier alpha value is -1.98. The molecule has 0 heterocycles. The first-order valence-corrected chi connectivity index (χ1v) is 7.10. The molecule has 0 aliphatic rings. The Balaban J connectivity index is 2.91. The zero-order chi connectivity index (χ0) is 14.5. The molecule has 0 aliphatic carbocycles. The molecule has 19 heavy (non-hydrogen) atoms. The lowest BCUT2D eigenvalue weighted by Gasteiger charge is -2.11. The van der Waals surface area contributed by atoms with Crippen molar-refractivity contribution in [2.75, 3.05) is 0 Å². The fourth-order valence-corrected chi connectivity index (χ4v) is 2.98. The number of para-hydroxylation sites is 1. The average molecular weight is 283 g/mol. The van der Waals surface area contributed by atoms with Crippen molar-refractivity contribution in [2.24, 2.45) is 0 Å². The van der Waals surface area contributed by atoms with E-state index >= 15 is 0 Å². The van der Waals surface area contributed by atoms with Gasteiger partial charge in [-0.2, -0.15) is 5.26 Å². The van der Waals surface area contributed by atoms with Crippen molar-refractivity contribution in [3.63, 3.8) is 0 Å². The van der Waals surface area contributed by atoms with E-state index < -0.39 is 26.7 Å². The number of nitrogens with one attached hydrogen (secondary N) is 1. The van der Waals surface area contributed by atoms with Crippen LogP contribution in [0.25, 0.3) is 0 Å². The standard InChI is InChI=1S/C11H13N3O4S/c1-9(6-7-12)13-19(17,18)8-10-4-2-3-5-11(10)14(15)16/h2-5,9,13H,6,8H2,1H3. The molecule has 0 aromatic heterocycles. The molecule has 0 saturated heterocycles. The molecule has 0 spiro atoms. The number of nitriles is 1. The van der Waals surface area contributed by atoms with Crippen molar-refractivity contribution in [1.82, 2.24) is 4.72 Å². The van der Waals surface area contributed by atoms with Crippen LogP contribution >= 0.6 is 0 Å². The molecule has 102 valence electrons. The van der Waals surface area contributed by atoms with Crippen LogP contribution in [0.4, 0.5) is 5.69 Å². The van der Waals surface area contributed by atoms with E-state index in [0.717, 1.165) is 0 Å². The van der Waals surface area contributed by atoms with Crippen LogP contribution in [-0.2, 0) is 15.8 Å². The number of hydrogen-bond acceptors (Lipinski definition) is 5. The Morgan fingerprint density at radius 1 is 1.47 bits per heavy atom. The number of hydrogen-bond donors (Lipinski definition) is 1. The molecular weight excluding hydrogens is 270 g/mol. The summed E-state index contributed by atoms with van der Waals surface area (Å²) in [5.74, 6) is -0.486. The van der Waals surface area contributed by atoms with Gasteiger partial charge in [-0.25, -0.2) is 13.1 Å². The normalized spacial score (nSPS) is 12.6. The quantitative estimate of drug-likeness (QED) is 0.624. The fraction of sp³-hybridized carbons (Fsp3) is 0.364. The summed E-state index contributed by atoms with van der Waals surface area (Å²) >= 11 is 0. The summed E-state index contributed by atoms with van der Waals surface area (Å²) in [6.07, 6.45) is 0.0378. The second-order valence-corrected chi connectivity index (χ2v) is 5.78. The smallest absolute Gasteiger partial charge is 0.258 e. The summed E-state index contributed by atoms with van der Waals surface area (Å²) in [7, 11) is -3.72. The highest BCUT2D eigenvalue weighted by atomic mass is 32.2. The zero-order valence-corrected chi connectivity index (χ0v) is 11.1. The third-order valence-corrected chi connectivity index (χ3v) is 3.76. The lowest BCUT2D eigenvalue weighted by Crippen LogP contribution is -2.33. The fourth-order valence-electron chi connectivity index (χ4n) is 1.54. The van der Waals surface area contributed by atoms with Crippen molar-refractivity contribution >= 4 is 15.7 Å². The van der Waals surface area contributed by atoms with Crippen LogP contribution in [0.3, 0.4) is 0 Å². The van der Waals surface area contributed by atoms with Gasteiger partial charge in [0.15, 0.2) is 0 Å². The zero-order valence-electron chi connectivity index (χ0n) is 10.2. The first-order valence-electron chi connectivity index (χ1n) is 5.45. The minimum atomic E-state index is -3.72. The Bertz CT molecular complexity index is 607. The number of nitro groups is 1. The van der Waals surface area contributed by atoms with Crippen molar-refractivity contribution < 1.29 is 13.3 Å². The average Bonchev–Trinajstić information content (AvgIpc) is 2.28. The van der Waals surface area contributed by atoms with Crippen LogP contribution < -0.4 is 4.72 Å². The van der Waals surface area contributed by atoms with Crippen molar-refractivity contribution in [3.05, 3.63) is 39.9 Å². The van der Waals surface area contributed by atoms with Crippen LogP contribution in [0.2, 0.25) is 0 Å². The van der Waals surface area contributed by atoms with Gasteiger partial charge in [-0.1, -0.05) is 18.2 Å². The summed E-state index contributed by atoms with van der Waals surface area (Å²) in [5.41, 5.74) is -0.120. The van der Waals surface area contributed by atoms with E-state index in [9.17, 15) is 18.5 Å². The van der Waals surface area contributed by atoms with Crippen LogP contribution in [-0.4, -0.2) is 19.4 Å². The molecule has 8 heteroatoms. The van der Waals surface area contributed by atoms with Gasteiger partial charge in [-0.15, -0.1) is 0 Å². The van der Waals surface area contributed by atoms with Crippen LogP contribution in [0.1, 0.15) is 18.9 Å². The van der Waals surface area contributed by atoms with Gasteiger partial charge in [0.25, 0.3) is 5.69 Å². The van der Waals surface area contributed by atoms with E-state index in [4.69, 9.17) is 5.26 Å². The van der Waals surface area contributed by atoms with Gasteiger partial charge in [0.05, 0.1) is 23.2 Å². The Labute approximate surface area is 111 Å². The summed E-state index contributed by atoms with van der Waals surface area (Å²) in [5, 5.41) is 19.2. The highest BCUT2D eigenvalue weighted by Gasteiger charge is 2.21. The Morgan fingerprint density at radius 3 is 2.68 bits per heavy atom. The van der Waals surface area contributed by atoms with Gasteiger partial charge in [0.1, 0.15) is 0 Å². The molecule has 0 fully saturated rings. The number of benzene rings is 1. The Morgan fingerprint density at radius 2 is 2.11 bits per heavy atom. The summed E-state index contributed by atoms with van der Waals surface area (Å²) in [4.78, 5) is 10.2. The molecule has 0 saturated carbocycles. The maximum atomic E-state index is 11.8. The molecule has 7 nitrogen and oxygen atoms in total. The first-order chi connectivity index (χ1) is 8.85. The summed E-state index contributed by atoms with van der Waals surface area (Å²) in [6.45, 7) is 1.56. The van der Waals surface area contributed by atoms with Gasteiger partial charge in [-0.05, 0) is 6.92 Å². The monoisotopic (exact) mass is 283 g/mol. The summed E-state index contributed by atoms with van der Waals surface area (Å²) in [6, 6.07) is 6.98. The molecule has 1 atom stereocenters. The van der Waals surface area contributed by atoms with Gasteiger partial charge < -0.3 is 0 Å². The van der Waals surface area contributed by atoms with E-state index in [-0.39, 0.29) is 17.7 Å². The third-order valence-electron chi connectivity index (χ3n) is 2.31. The summed E-state index contributed by atoms with van der Waals surface area (Å²) < 4.78 is 25.9. The second-order valence-electron chi connectivity index (χ2n) is 4.03. The van der Waals surface area contributed by atoms with E-state index in [2.05, 4.69) is 4.72 Å². The third kappa shape index (κ3) is 4.65. The topological polar surface area (TPSA) is 113 Å². The van der Waals surface area contributed by atoms with E-state index in [1.54, 1.807) is 6.92 Å². The predicted octanol–water partition coefficient (Wildman–Crippen LogP) is 1.32. The first kappa shape index (κ1) is 15.1. The van der Waals surface area contributed by atoms with Crippen molar-refractivity contribution in [2.45, 2.75) is 25.1 Å². The second kappa shape index (κ2) is 6.26. The molecule has 1 aromatic carbocycles. The minimum absolute atomic E-state index is 0.0378. The van der Waals surface area contributed by atoms with E-state index in [0.29, 0.717) is 0 Å². The molecule has 1 aromatic rings. The van der Waals surface area contributed by atoms with E-state index in [1.165, 1.54) is 24.3 Å². The highest BCUT2D eigenvalue weighted by Crippen LogP contribution is 2.19. The van der Waals surface area contributed by atoms with E-state index in [1.807, 2.05) is 6.07 Å². The number of sulfonamides is 1. The molecule has 0 amide bonds. The van der Waals surface area contributed by atoms with Gasteiger partial charge in [-0.3, -0.25) is 10.1 Å². The van der Waals surface area contributed by atoms with Gasteiger partial charge in [0, 0.05) is 17.7 Å². The maximum Gasteiger partial charge on any atom is 0.273 e. The lowest BCUT2D eigenvalue weighted by atomic mass is 10.2. The number of nitrogens with zero attached hydrogens (tertiary/aromatic N) is 2. The highest BCUT2D eigenvalue weighted by molar-refractivity contribution is 7.88. The van der Waals surface area contributed by atoms with Crippen LogP contribution in [0, 0.1) is 21.4 Å².